The summed E-state index contributed by atoms with van der Waals surface area (Å²) in [6, 6.07) is 8.05. The Balaban J connectivity index is 2.34. The molecule has 2 N–H and O–H groups in total. The Kier molecular flexibility index (Phi) is 4.62. The summed E-state index contributed by atoms with van der Waals surface area (Å²) in [5, 5.41) is 1.14. The van der Waals surface area contributed by atoms with Gasteiger partial charge < -0.3 is 10.2 Å². The molecule has 3 nitrogen and oxygen atoms in total. The van der Waals surface area contributed by atoms with Crippen molar-refractivity contribution in [3.05, 3.63) is 35.6 Å². The van der Waals surface area contributed by atoms with E-state index in [1.54, 1.807) is 0 Å². The second kappa shape index (κ2) is 6.42. The minimum Gasteiger partial charge on any atom is -0.459 e. The molecule has 0 aliphatic rings. The van der Waals surface area contributed by atoms with E-state index in [9.17, 15) is 0 Å². The number of hydrogen-bond donors (Lipinski definition) is 1. The van der Waals surface area contributed by atoms with Crippen LogP contribution in [-0.4, -0.2) is 18.0 Å². The molecule has 0 amide bonds. The van der Waals surface area contributed by atoms with Crippen LogP contribution in [0, 0.1) is 12.3 Å². The molecule has 1 aromatic heterocycles. The van der Waals surface area contributed by atoms with E-state index in [4.69, 9.17) is 16.6 Å². The summed E-state index contributed by atoms with van der Waals surface area (Å²) in [4.78, 5) is 2.25. The number of nitrogens with zero attached hydrogens (tertiary/aromatic N) is 1. The van der Waals surface area contributed by atoms with Gasteiger partial charge in [0.1, 0.15) is 11.3 Å². The van der Waals surface area contributed by atoms with Crippen molar-refractivity contribution in [3.8, 4) is 12.3 Å². The highest BCUT2D eigenvalue weighted by atomic mass is 16.3. The Morgan fingerprint density at radius 1 is 1.37 bits per heavy atom. The third-order valence-corrected chi connectivity index (χ3v) is 3.20. The lowest BCUT2D eigenvalue weighted by molar-refractivity contribution is 0.297. The highest BCUT2D eigenvalue weighted by molar-refractivity contribution is 5.82. The maximum absolute atomic E-state index is 5.80. The standard InChI is InChI=1S/C16H20N2O/c1-3-9-18(10-4-2)12-14-13-7-5-6-8-15(13)19-16(14)11-17/h1,5-8H,4,9-12,17H2,2H3. The first-order valence-corrected chi connectivity index (χ1v) is 6.65. The van der Waals surface area contributed by atoms with Gasteiger partial charge in [-0.3, -0.25) is 4.90 Å². The lowest BCUT2D eigenvalue weighted by atomic mass is 10.1. The van der Waals surface area contributed by atoms with Gasteiger partial charge in [0.15, 0.2) is 0 Å². The highest BCUT2D eigenvalue weighted by Gasteiger charge is 2.15. The van der Waals surface area contributed by atoms with E-state index >= 15 is 0 Å². The summed E-state index contributed by atoms with van der Waals surface area (Å²) in [6.07, 6.45) is 6.51. The first kappa shape index (κ1) is 13.7. The van der Waals surface area contributed by atoms with Crippen molar-refractivity contribution in [2.75, 3.05) is 13.1 Å². The molecule has 1 aromatic carbocycles. The molecule has 2 aromatic rings. The van der Waals surface area contributed by atoms with Crippen molar-refractivity contribution in [1.82, 2.24) is 4.90 Å². The maximum Gasteiger partial charge on any atom is 0.134 e. The molecule has 0 saturated carbocycles. The van der Waals surface area contributed by atoms with E-state index < -0.39 is 0 Å². The number of fused-ring (bicyclic) bond motifs is 1. The molecule has 0 atom stereocenters. The third-order valence-electron chi connectivity index (χ3n) is 3.20. The maximum atomic E-state index is 5.80. The smallest absolute Gasteiger partial charge is 0.134 e. The number of terminal acetylenes is 1. The van der Waals surface area contributed by atoms with Gasteiger partial charge in [-0.25, -0.2) is 0 Å². The molecular weight excluding hydrogens is 236 g/mol. The Morgan fingerprint density at radius 2 is 2.16 bits per heavy atom. The van der Waals surface area contributed by atoms with Crippen molar-refractivity contribution in [2.24, 2.45) is 5.73 Å². The fourth-order valence-corrected chi connectivity index (χ4v) is 2.37. The van der Waals surface area contributed by atoms with Crippen molar-refractivity contribution < 1.29 is 4.42 Å². The molecule has 1 heterocycles. The van der Waals surface area contributed by atoms with Gasteiger partial charge in [0.05, 0.1) is 13.1 Å². The van der Waals surface area contributed by atoms with Crippen LogP contribution in [0.2, 0.25) is 0 Å². The van der Waals surface area contributed by atoms with Crippen LogP contribution in [0.25, 0.3) is 11.0 Å². The van der Waals surface area contributed by atoms with Gasteiger partial charge in [0, 0.05) is 17.5 Å². The fraction of sp³-hybridized carbons (Fsp3) is 0.375. The van der Waals surface area contributed by atoms with E-state index in [1.807, 2.05) is 18.2 Å². The quantitative estimate of drug-likeness (QED) is 0.808. The number of nitrogens with two attached hydrogens (primary N) is 1. The fourth-order valence-electron chi connectivity index (χ4n) is 2.37. The normalized spacial score (nSPS) is 11.1. The number of rotatable bonds is 6. The first-order chi connectivity index (χ1) is 9.30. The second-order valence-electron chi connectivity index (χ2n) is 4.62. The minimum atomic E-state index is 0.417. The topological polar surface area (TPSA) is 42.4 Å². The second-order valence-corrected chi connectivity index (χ2v) is 4.62. The Morgan fingerprint density at radius 3 is 2.84 bits per heavy atom. The summed E-state index contributed by atoms with van der Waals surface area (Å²) in [7, 11) is 0. The highest BCUT2D eigenvalue weighted by Crippen LogP contribution is 2.26. The molecule has 0 aliphatic carbocycles. The van der Waals surface area contributed by atoms with Gasteiger partial charge in [-0.1, -0.05) is 31.0 Å². The van der Waals surface area contributed by atoms with Crippen LogP contribution in [0.3, 0.4) is 0 Å². The number of furan rings is 1. The third kappa shape index (κ3) is 2.98. The molecule has 2 rings (SSSR count). The van der Waals surface area contributed by atoms with E-state index in [2.05, 4.69) is 23.8 Å². The average molecular weight is 256 g/mol. The van der Waals surface area contributed by atoms with Crippen LogP contribution in [0.15, 0.2) is 28.7 Å². The number of para-hydroxylation sites is 1. The molecular formula is C16H20N2O. The van der Waals surface area contributed by atoms with Gasteiger partial charge in [-0.05, 0) is 19.0 Å². The number of hydrogen-bond acceptors (Lipinski definition) is 3. The van der Waals surface area contributed by atoms with E-state index in [0.29, 0.717) is 13.1 Å². The Hall–Kier alpha value is -1.76. The zero-order valence-corrected chi connectivity index (χ0v) is 11.4. The Labute approximate surface area is 114 Å². The van der Waals surface area contributed by atoms with Gasteiger partial charge in [0.2, 0.25) is 0 Å². The molecule has 0 radical (unpaired) electrons. The van der Waals surface area contributed by atoms with Gasteiger partial charge >= 0.3 is 0 Å². The summed E-state index contributed by atoms with van der Waals surface area (Å²) in [6.45, 7) is 4.99. The largest absolute Gasteiger partial charge is 0.459 e. The lowest BCUT2D eigenvalue weighted by Gasteiger charge is -2.18. The predicted octanol–water partition coefficient (Wildman–Crippen LogP) is 2.74. The zero-order chi connectivity index (χ0) is 13.7. The van der Waals surface area contributed by atoms with Crippen LogP contribution in [0.5, 0.6) is 0 Å². The summed E-state index contributed by atoms with van der Waals surface area (Å²) in [5.41, 5.74) is 7.85. The van der Waals surface area contributed by atoms with Crippen molar-refractivity contribution in [1.29, 1.82) is 0 Å². The van der Waals surface area contributed by atoms with Crippen LogP contribution in [0.4, 0.5) is 0 Å². The van der Waals surface area contributed by atoms with Crippen LogP contribution in [0.1, 0.15) is 24.7 Å². The van der Waals surface area contributed by atoms with E-state index in [-0.39, 0.29) is 0 Å². The first-order valence-electron chi connectivity index (χ1n) is 6.65. The summed E-state index contributed by atoms with van der Waals surface area (Å²) >= 11 is 0. The SMILES string of the molecule is C#CCN(CCC)Cc1c(CN)oc2ccccc12. The van der Waals surface area contributed by atoms with Crippen LogP contribution in [-0.2, 0) is 13.1 Å². The number of benzene rings is 1. The lowest BCUT2D eigenvalue weighted by Crippen LogP contribution is -2.25. The molecule has 0 bridgehead atoms. The Bertz CT molecular complexity index is 580. The van der Waals surface area contributed by atoms with Crippen molar-refractivity contribution in [2.45, 2.75) is 26.4 Å². The van der Waals surface area contributed by atoms with Crippen LogP contribution < -0.4 is 5.73 Å². The minimum absolute atomic E-state index is 0.417. The van der Waals surface area contributed by atoms with Crippen molar-refractivity contribution >= 4 is 11.0 Å². The molecule has 0 aliphatic heterocycles. The van der Waals surface area contributed by atoms with E-state index in [1.165, 1.54) is 5.56 Å². The van der Waals surface area contributed by atoms with Gasteiger partial charge in [-0.2, -0.15) is 0 Å². The average Bonchev–Trinajstić information content (AvgIpc) is 2.78. The molecule has 0 spiro atoms. The van der Waals surface area contributed by atoms with Gasteiger partial charge in [-0.15, -0.1) is 6.42 Å². The molecule has 100 valence electrons. The molecule has 0 saturated heterocycles. The van der Waals surface area contributed by atoms with Crippen molar-refractivity contribution in [3.63, 3.8) is 0 Å². The van der Waals surface area contributed by atoms with Crippen LogP contribution >= 0.6 is 0 Å². The predicted molar refractivity (Wildman–Crippen MR) is 78.5 cm³/mol. The van der Waals surface area contributed by atoms with E-state index in [0.717, 1.165) is 36.2 Å². The monoisotopic (exact) mass is 256 g/mol. The molecule has 19 heavy (non-hydrogen) atoms. The molecule has 3 heteroatoms. The molecule has 0 unspecified atom stereocenters. The zero-order valence-electron chi connectivity index (χ0n) is 11.4. The van der Waals surface area contributed by atoms with Gasteiger partial charge in [0.25, 0.3) is 0 Å². The summed E-state index contributed by atoms with van der Waals surface area (Å²) in [5.74, 6) is 3.58. The summed E-state index contributed by atoms with van der Waals surface area (Å²) < 4.78 is 5.80. The molecule has 0 fully saturated rings.